The third-order valence-electron chi connectivity index (χ3n) is 5.92. The highest BCUT2D eigenvalue weighted by Crippen LogP contribution is 2.34. The lowest BCUT2D eigenvalue weighted by Gasteiger charge is -2.12. The molecule has 34 heavy (non-hydrogen) atoms. The lowest BCUT2D eigenvalue weighted by Crippen LogP contribution is -2.19. The first-order chi connectivity index (χ1) is 16.3. The van der Waals surface area contributed by atoms with Crippen molar-refractivity contribution in [2.24, 2.45) is 5.92 Å². The average Bonchev–Trinajstić information content (AvgIpc) is 3.35. The summed E-state index contributed by atoms with van der Waals surface area (Å²) in [6.07, 6.45) is 1.41. The molecule has 0 bridgehead atoms. The van der Waals surface area contributed by atoms with Crippen molar-refractivity contribution >= 4 is 28.3 Å². The number of fused-ring (bicyclic) bond motifs is 1. The summed E-state index contributed by atoms with van der Waals surface area (Å²) in [4.78, 5) is 12.4. The van der Waals surface area contributed by atoms with Crippen LogP contribution >= 0.6 is 0 Å². The van der Waals surface area contributed by atoms with Crippen LogP contribution in [0.5, 0.6) is 0 Å². The number of hydrogen-bond donors (Lipinski definition) is 3. The predicted octanol–water partition coefficient (Wildman–Crippen LogP) is 5.21. The van der Waals surface area contributed by atoms with Crippen LogP contribution in [0.15, 0.2) is 48.8 Å². The van der Waals surface area contributed by atoms with Crippen molar-refractivity contribution in [2.75, 3.05) is 17.2 Å². The molecule has 1 aliphatic rings. The second-order valence-electron chi connectivity index (χ2n) is 8.66. The summed E-state index contributed by atoms with van der Waals surface area (Å²) in [7, 11) is 0. The van der Waals surface area contributed by atoms with Gasteiger partial charge in [0.05, 0.1) is 17.3 Å². The molecule has 0 saturated heterocycles. The zero-order valence-corrected chi connectivity index (χ0v) is 18.4. The molecule has 2 aromatic carbocycles. The van der Waals surface area contributed by atoms with Gasteiger partial charge in [-0.3, -0.25) is 14.6 Å². The largest absolute Gasteiger partial charge is 0.416 e. The van der Waals surface area contributed by atoms with Crippen LogP contribution in [0.2, 0.25) is 0 Å². The van der Waals surface area contributed by atoms with Crippen LogP contribution in [0.25, 0.3) is 22.0 Å². The SMILES string of the molecule is Cc1ccc(NC(=O)Cn2cc(-c3ccc4c(NCC5CC5)n[nH]c4c3)cn2)cc1C(F)(F)F. The molecule has 176 valence electrons. The first-order valence-electron chi connectivity index (χ1n) is 11.0. The average molecular weight is 468 g/mol. The van der Waals surface area contributed by atoms with Crippen LogP contribution in [0, 0.1) is 12.8 Å². The van der Waals surface area contributed by atoms with E-state index in [2.05, 4.69) is 25.9 Å². The minimum absolute atomic E-state index is 0.0890. The first kappa shape index (κ1) is 22.0. The van der Waals surface area contributed by atoms with Crippen molar-refractivity contribution in [1.29, 1.82) is 0 Å². The van der Waals surface area contributed by atoms with Crippen molar-refractivity contribution in [3.05, 3.63) is 59.9 Å². The highest BCUT2D eigenvalue weighted by atomic mass is 19.4. The Morgan fingerprint density at radius 3 is 2.76 bits per heavy atom. The van der Waals surface area contributed by atoms with Gasteiger partial charge in [-0.15, -0.1) is 0 Å². The fraction of sp³-hybridized carbons (Fsp3) is 0.292. The molecule has 0 unspecified atom stereocenters. The number of aromatic nitrogens is 4. The molecule has 7 nitrogen and oxygen atoms in total. The van der Waals surface area contributed by atoms with Crippen LogP contribution in [-0.4, -0.2) is 32.4 Å². The van der Waals surface area contributed by atoms with Crippen LogP contribution in [0.1, 0.15) is 24.0 Å². The summed E-state index contributed by atoms with van der Waals surface area (Å²) in [5, 5.41) is 18.5. The smallest absolute Gasteiger partial charge is 0.368 e. The van der Waals surface area contributed by atoms with Gasteiger partial charge in [0.1, 0.15) is 6.54 Å². The molecule has 4 aromatic rings. The molecular weight excluding hydrogens is 445 g/mol. The maximum atomic E-state index is 13.1. The number of nitrogens with zero attached hydrogens (tertiary/aromatic N) is 3. The van der Waals surface area contributed by atoms with Gasteiger partial charge in [0.15, 0.2) is 5.82 Å². The van der Waals surface area contributed by atoms with Crippen molar-refractivity contribution in [2.45, 2.75) is 32.5 Å². The molecule has 3 N–H and O–H groups in total. The standard InChI is InChI=1S/C24H23F3N6O/c1-14-2-6-18(9-20(14)24(25,26)27)30-22(34)13-33-12-17(11-29-33)16-5-7-19-21(8-16)31-32-23(19)28-10-15-3-4-15/h2,5-9,11-12,15H,3-4,10,13H2,1H3,(H,30,34)(H2,28,31,32). The van der Waals surface area contributed by atoms with Gasteiger partial charge in [-0.2, -0.15) is 23.4 Å². The van der Waals surface area contributed by atoms with E-state index in [1.54, 1.807) is 12.4 Å². The van der Waals surface area contributed by atoms with Crippen molar-refractivity contribution in [1.82, 2.24) is 20.0 Å². The van der Waals surface area contributed by atoms with Crippen LogP contribution < -0.4 is 10.6 Å². The summed E-state index contributed by atoms with van der Waals surface area (Å²) in [5.74, 6) is 1.11. The van der Waals surface area contributed by atoms with E-state index in [9.17, 15) is 18.0 Å². The number of hydrogen-bond acceptors (Lipinski definition) is 4. The number of aromatic amines is 1. The molecule has 1 saturated carbocycles. The van der Waals surface area contributed by atoms with E-state index in [0.717, 1.165) is 46.4 Å². The normalized spacial score (nSPS) is 13.9. The summed E-state index contributed by atoms with van der Waals surface area (Å²) in [5.41, 5.74) is 2.03. The monoisotopic (exact) mass is 468 g/mol. The van der Waals surface area contributed by atoms with Crippen LogP contribution in [0.4, 0.5) is 24.7 Å². The lowest BCUT2D eigenvalue weighted by atomic mass is 10.1. The Kier molecular flexibility index (Phi) is 5.51. The second-order valence-corrected chi connectivity index (χ2v) is 8.66. The van der Waals surface area contributed by atoms with Gasteiger partial charge >= 0.3 is 6.18 Å². The van der Waals surface area contributed by atoms with Crippen LogP contribution in [0.3, 0.4) is 0 Å². The number of halogens is 3. The molecule has 1 amide bonds. The van der Waals surface area contributed by atoms with Crippen LogP contribution in [-0.2, 0) is 17.5 Å². The Hall–Kier alpha value is -3.82. The number of aryl methyl sites for hydroxylation is 1. The Balaban J connectivity index is 1.26. The highest BCUT2D eigenvalue weighted by Gasteiger charge is 2.32. The molecule has 1 aliphatic carbocycles. The Morgan fingerprint density at radius 1 is 1.18 bits per heavy atom. The maximum absolute atomic E-state index is 13.1. The fourth-order valence-electron chi connectivity index (χ4n) is 3.85. The van der Waals surface area contributed by atoms with Gasteiger partial charge in [-0.05, 0) is 61.1 Å². The number of nitrogens with one attached hydrogen (secondary N) is 3. The topological polar surface area (TPSA) is 87.6 Å². The second kappa shape index (κ2) is 8.51. The van der Waals surface area contributed by atoms with Crippen molar-refractivity contribution in [3.63, 3.8) is 0 Å². The Morgan fingerprint density at radius 2 is 2.00 bits per heavy atom. The molecule has 0 radical (unpaired) electrons. The molecule has 1 fully saturated rings. The van der Waals surface area contributed by atoms with E-state index in [4.69, 9.17) is 0 Å². The molecule has 0 spiro atoms. The molecule has 10 heteroatoms. The summed E-state index contributed by atoms with van der Waals surface area (Å²) < 4.78 is 40.8. The van der Waals surface area contributed by atoms with Crippen molar-refractivity contribution < 1.29 is 18.0 Å². The lowest BCUT2D eigenvalue weighted by molar-refractivity contribution is -0.138. The summed E-state index contributed by atoms with van der Waals surface area (Å²) in [6.45, 7) is 2.18. The number of H-pyrrole nitrogens is 1. The van der Waals surface area contributed by atoms with Gasteiger partial charge in [0.2, 0.25) is 5.91 Å². The van der Waals surface area contributed by atoms with Gasteiger partial charge in [0, 0.05) is 29.4 Å². The van der Waals surface area contributed by atoms with E-state index in [1.165, 1.54) is 36.6 Å². The van der Waals surface area contributed by atoms with Gasteiger partial charge < -0.3 is 10.6 Å². The number of carbonyl (C=O) groups is 1. The van der Waals surface area contributed by atoms with E-state index >= 15 is 0 Å². The third-order valence-corrected chi connectivity index (χ3v) is 5.92. The van der Waals surface area contributed by atoms with Gasteiger partial charge in [-0.1, -0.05) is 12.1 Å². The molecule has 2 aromatic heterocycles. The number of rotatable bonds is 7. The van der Waals surface area contributed by atoms with Crippen molar-refractivity contribution in [3.8, 4) is 11.1 Å². The quantitative estimate of drug-likeness (QED) is 0.347. The van der Waals surface area contributed by atoms with Gasteiger partial charge in [0.25, 0.3) is 0 Å². The molecular formula is C24H23F3N6O. The minimum Gasteiger partial charge on any atom is -0.368 e. The molecule has 0 aliphatic heterocycles. The number of anilines is 2. The number of amides is 1. The first-order valence-corrected chi connectivity index (χ1v) is 11.0. The highest BCUT2D eigenvalue weighted by molar-refractivity contribution is 5.93. The molecule has 2 heterocycles. The zero-order valence-electron chi connectivity index (χ0n) is 18.4. The van der Waals surface area contributed by atoms with E-state index in [1.807, 2.05) is 18.2 Å². The Labute approximate surface area is 193 Å². The molecule has 0 atom stereocenters. The van der Waals surface area contributed by atoms with E-state index < -0.39 is 17.6 Å². The fourth-order valence-corrected chi connectivity index (χ4v) is 3.85. The number of benzene rings is 2. The predicted molar refractivity (Wildman–Crippen MR) is 123 cm³/mol. The summed E-state index contributed by atoms with van der Waals surface area (Å²) >= 11 is 0. The zero-order chi connectivity index (χ0) is 23.9. The third kappa shape index (κ3) is 4.75. The Bertz CT molecular complexity index is 1350. The molecule has 5 rings (SSSR count). The summed E-state index contributed by atoms with van der Waals surface area (Å²) in [6, 6.07) is 9.65. The maximum Gasteiger partial charge on any atom is 0.416 e. The number of alkyl halides is 3. The van der Waals surface area contributed by atoms with E-state index in [0.29, 0.717) is 0 Å². The number of carbonyl (C=O) groups excluding carboxylic acids is 1. The van der Waals surface area contributed by atoms with E-state index in [-0.39, 0.29) is 17.8 Å². The minimum atomic E-state index is -4.48. The van der Waals surface area contributed by atoms with Gasteiger partial charge in [-0.25, -0.2) is 0 Å².